The first kappa shape index (κ1) is 13.2. The molecule has 0 aromatic heterocycles. The molecule has 0 aliphatic rings. The molecule has 2 heteroatoms. The maximum absolute atomic E-state index is 3.34. The van der Waals surface area contributed by atoms with Crippen LogP contribution in [0.5, 0.6) is 0 Å². The molecule has 1 aromatic rings. The van der Waals surface area contributed by atoms with Crippen molar-refractivity contribution in [1.29, 1.82) is 0 Å². The number of hydrogen-bond donors (Lipinski definition) is 1. The second-order valence-corrected chi connectivity index (χ2v) is 4.58. The maximum atomic E-state index is 3.34. The van der Waals surface area contributed by atoms with Crippen molar-refractivity contribution in [2.45, 2.75) is 32.9 Å². The molecular weight excluding hydrogens is 196 g/mol. The van der Waals surface area contributed by atoms with Gasteiger partial charge in [0.25, 0.3) is 0 Å². The van der Waals surface area contributed by atoms with Crippen LogP contribution in [0.4, 0.5) is 0 Å². The van der Waals surface area contributed by atoms with E-state index in [1.165, 1.54) is 17.5 Å². The largest absolute Gasteiger partial charge is 0.316 e. The van der Waals surface area contributed by atoms with E-state index in [-0.39, 0.29) is 0 Å². The molecule has 0 saturated heterocycles. The number of hydrogen-bond acceptors (Lipinski definition) is 2. The van der Waals surface area contributed by atoms with Crippen LogP contribution in [-0.2, 0) is 6.54 Å². The minimum Gasteiger partial charge on any atom is -0.316 e. The van der Waals surface area contributed by atoms with E-state index in [1.807, 2.05) is 7.05 Å². The quantitative estimate of drug-likeness (QED) is 0.792. The fraction of sp³-hybridized carbons (Fsp3) is 0.571. The van der Waals surface area contributed by atoms with Gasteiger partial charge < -0.3 is 10.2 Å². The van der Waals surface area contributed by atoms with Crippen LogP contribution >= 0.6 is 0 Å². The summed E-state index contributed by atoms with van der Waals surface area (Å²) in [5.74, 6) is 0. The summed E-state index contributed by atoms with van der Waals surface area (Å²) in [6.07, 6.45) is 1.18. The summed E-state index contributed by atoms with van der Waals surface area (Å²) in [6, 6.07) is 9.33. The second kappa shape index (κ2) is 6.66. The van der Waals surface area contributed by atoms with Crippen molar-refractivity contribution < 1.29 is 0 Å². The molecule has 1 unspecified atom stereocenters. The molecule has 0 fully saturated rings. The third-order valence-corrected chi connectivity index (χ3v) is 2.97. The summed E-state index contributed by atoms with van der Waals surface area (Å²) >= 11 is 0. The van der Waals surface area contributed by atoms with Gasteiger partial charge in [-0.05, 0) is 33.0 Å². The van der Waals surface area contributed by atoms with Gasteiger partial charge >= 0.3 is 0 Å². The minimum absolute atomic E-state index is 0.592. The number of aryl methyl sites for hydroxylation is 1. The Morgan fingerprint density at radius 3 is 2.69 bits per heavy atom. The summed E-state index contributed by atoms with van der Waals surface area (Å²) in [5, 5.41) is 3.34. The zero-order valence-electron chi connectivity index (χ0n) is 11.0. The summed E-state index contributed by atoms with van der Waals surface area (Å²) in [7, 11) is 4.22. The fourth-order valence-electron chi connectivity index (χ4n) is 1.99. The lowest BCUT2D eigenvalue weighted by molar-refractivity contribution is 0.284. The summed E-state index contributed by atoms with van der Waals surface area (Å²) < 4.78 is 0. The van der Waals surface area contributed by atoms with E-state index < -0.39 is 0 Å². The molecule has 16 heavy (non-hydrogen) atoms. The molecule has 0 radical (unpaired) electrons. The van der Waals surface area contributed by atoms with Crippen LogP contribution in [0.2, 0.25) is 0 Å². The van der Waals surface area contributed by atoms with Crippen molar-refractivity contribution in [1.82, 2.24) is 10.2 Å². The number of likely N-dealkylation sites (N-methyl/N-ethyl adjacent to an activating group) is 2. The van der Waals surface area contributed by atoms with Crippen molar-refractivity contribution >= 4 is 0 Å². The van der Waals surface area contributed by atoms with Gasteiger partial charge in [0.05, 0.1) is 0 Å². The molecule has 1 aromatic carbocycles. The van der Waals surface area contributed by atoms with E-state index in [2.05, 4.69) is 55.4 Å². The minimum atomic E-state index is 0.592. The Kier molecular flexibility index (Phi) is 5.50. The first-order valence-corrected chi connectivity index (χ1v) is 6.07. The SMILES string of the molecule is CCC(CN(C)Cc1cccc(C)c1)NC. The zero-order valence-corrected chi connectivity index (χ0v) is 11.0. The third kappa shape index (κ3) is 4.33. The first-order valence-electron chi connectivity index (χ1n) is 6.07. The number of rotatable bonds is 6. The molecule has 1 atom stereocenters. The van der Waals surface area contributed by atoms with E-state index in [9.17, 15) is 0 Å². The van der Waals surface area contributed by atoms with Gasteiger partial charge in [0.1, 0.15) is 0 Å². The highest BCUT2D eigenvalue weighted by Gasteiger charge is 2.07. The van der Waals surface area contributed by atoms with Gasteiger partial charge in [-0.15, -0.1) is 0 Å². The molecule has 0 saturated carbocycles. The van der Waals surface area contributed by atoms with Crippen molar-refractivity contribution in [3.63, 3.8) is 0 Å². The predicted molar refractivity (Wildman–Crippen MR) is 70.7 cm³/mol. The van der Waals surface area contributed by atoms with Gasteiger partial charge in [-0.2, -0.15) is 0 Å². The highest BCUT2D eigenvalue weighted by atomic mass is 15.1. The van der Waals surface area contributed by atoms with E-state index in [0.717, 1.165) is 13.1 Å². The molecule has 0 spiro atoms. The Morgan fingerprint density at radius 2 is 2.12 bits per heavy atom. The molecule has 0 aliphatic carbocycles. The Morgan fingerprint density at radius 1 is 1.38 bits per heavy atom. The van der Waals surface area contributed by atoms with Gasteiger partial charge in [0.2, 0.25) is 0 Å². The molecule has 1 rings (SSSR count). The normalized spacial score (nSPS) is 13.1. The lowest BCUT2D eigenvalue weighted by Gasteiger charge is -2.23. The van der Waals surface area contributed by atoms with Crippen molar-refractivity contribution in [2.24, 2.45) is 0 Å². The van der Waals surface area contributed by atoms with Crippen LogP contribution in [0.15, 0.2) is 24.3 Å². The lowest BCUT2D eigenvalue weighted by Crippen LogP contribution is -2.36. The third-order valence-electron chi connectivity index (χ3n) is 2.97. The predicted octanol–water partition coefficient (Wildman–Crippen LogP) is 2.42. The average molecular weight is 220 g/mol. The van der Waals surface area contributed by atoms with Crippen LogP contribution in [-0.4, -0.2) is 31.6 Å². The van der Waals surface area contributed by atoms with Gasteiger partial charge in [-0.25, -0.2) is 0 Å². The van der Waals surface area contributed by atoms with Gasteiger partial charge in [-0.1, -0.05) is 36.8 Å². The fourth-order valence-corrected chi connectivity index (χ4v) is 1.99. The topological polar surface area (TPSA) is 15.3 Å². The Balaban J connectivity index is 2.47. The van der Waals surface area contributed by atoms with E-state index in [0.29, 0.717) is 6.04 Å². The van der Waals surface area contributed by atoms with Crippen molar-refractivity contribution in [2.75, 3.05) is 20.6 Å². The van der Waals surface area contributed by atoms with Crippen LogP contribution in [0.25, 0.3) is 0 Å². The molecule has 1 N–H and O–H groups in total. The molecule has 2 nitrogen and oxygen atoms in total. The highest BCUT2D eigenvalue weighted by molar-refractivity contribution is 5.21. The maximum Gasteiger partial charge on any atom is 0.0231 e. The number of nitrogens with zero attached hydrogens (tertiary/aromatic N) is 1. The van der Waals surface area contributed by atoms with Crippen LogP contribution < -0.4 is 5.32 Å². The summed E-state index contributed by atoms with van der Waals surface area (Å²) in [5.41, 5.74) is 2.74. The van der Waals surface area contributed by atoms with E-state index in [4.69, 9.17) is 0 Å². The molecule has 90 valence electrons. The molecule has 0 bridgehead atoms. The average Bonchev–Trinajstić information content (AvgIpc) is 2.26. The zero-order chi connectivity index (χ0) is 12.0. The summed E-state index contributed by atoms with van der Waals surface area (Å²) in [6.45, 7) is 6.49. The molecule has 0 aliphatic heterocycles. The summed E-state index contributed by atoms with van der Waals surface area (Å²) in [4.78, 5) is 2.37. The van der Waals surface area contributed by atoms with Crippen LogP contribution in [0, 0.1) is 6.92 Å². The van der Waals surface area contributed by atoms with E-state index >= 15 is 0 Å². The van der Waals surface area contributed by atoms with Gasteiger partial charge in [0, 0.05) is 19.1 Å². The monoisotopic (exact) mass is 220 g/mol. The standard InChI is InChI=1S/C14H24N2/c1-5-14(15-3)11-16(4)10-13-8-6-7-12(2)9-13/h6-9,14-15H,5,10-11H2,1-4H3. The van der Waals surface area contributed by atoms with Crippen molar-refractivity contribution in [3.05, 3.63) is 35.4 Å². The van der Waals surface area contributed by atoms with E-state index in [1.54, 1.807) is 0 Å². The molecule has 0 heterocycles. The second-order valence-electron chi connectivity index (χ2n) is 4.58. The first-order chi connectivity index (χ1) is 7.65. The van der Waals surface area contributed by atoms with Gasteiger partial charge in [0.15, 0.2) is 0 Å². The Hall–Kier alpha value is -0.860. The molecule has 0 amide bonds. The van der Waals surface area contributed by atoms with Crippen molar-refractivity contribution in [3.8, 4) is 0 Å². The highest BCUT2D eigenvalue weighted by Crippen LogP contribution is 2.07. The molecular formula is C14H24N2. The Bertz CT molecular complexity index is 305. The smallest absolute Gasteiger partial charge is 0.0231 e. The Labute approximate surface area is 99.7 Å². The lowest BCUT2D eigenvalue weighted by atomic mass is 10.1. The number of nitrogens with one attached hydrogen (secondary N) is 1. The van der Waals surface area contributed by atoms with Gasteiger partial charge in [-0.3, -0.25) is 0 Å². The van der Waals surface area contributed by atoms with Crippen LogP contribution in [0.1, 0.15) is 24.5 Å². The number of benzene rings is 1. The van der Waals surface area contributed by atoms with Crippen LogP contribution in [0.3, 0.4) is 0 Å².